The van der Waals surface area contributed by atoms with Crippen LogP contribution in [-0.2, 0) is 16.6 Å². The van der Waals surface area contributed by atoms with Crippen LogP contribution in [0.25, 0.3) is 0 Å². The normalized spacial score (nSPS) is 13.8. The summed E-state index contributed by atoms with van der Waals surface area (Å²) in [5.74, 6) is 0. The van der Waals surface area contributed by atoms with Gasteiger partial charge in [0.05, 0.1) is 11.5 Å². The quantitative estimate of drug-likeness (QED) is 0.879. The van der Waals surface area contributed by atoms with Crippen LogP contribution in [0.15, 0.2) is 23.1 Å². The van der Waals surface area contributed by atoms with Gasteiger partial charge in [-0.25, -0.2) is 8.42 Å². The average molecular weight is 306 g/mol. The van der Waals surface area contributed by atoms with Crippen molar-refractivity contribution >= 4 is 21.6 Å². The van der Waals surface area contributed by atoms with Crippen molar-refractivity contribution in [1.29, 1.82) is 0 Å². The van der Waals surface area contributed by atoms with Crippen LogP contribution in [0.4, 0.5) is 0 Å². The molecule has 0 saturated heterocycles. The summed E-state index contributed by atoms with van der Waals surface area (Å²) in [5.41, 5.74) is 0.518. The zero-order chi connectivity index (χ0) is 14.6. The second kappa shape index (κ2) is 6.70. The zero-order valence-corrected chi connectivity index (χ0v) is 13.0. The molecule has 108 valence electrons. The smallest absolute Gasteiger partial charge is 0.243 e. The lowest BCUT2D eigenvalue weighted by molar-refractivity contribution is 0.282. The second-order valence-electron chi connectivity index (χ2n) is 4.57. The van der Waals surface area contributed by atoms with Gasteiger partial charge < -0.3 is 5.11 Å². The SMILES string of the molecule is CCCC(C)N(C)S(=O)(=O)c1ccc(CO)c(Cl)c1. The number of hydrogen-bond acceptors (Lipinski definition) is 3. The van der Waals surface area contributed by atoms with Gasteiger partial charge in [-0.15, -0.1) is 0 Å². The molecule has 19 heavy (non-hydrogen) atoms. The number of aliphatic hydroxyl groups is 1. The van der Waals surface area contributed by atoms with Crippen LogP contribution in [0.1, 0.15) is 32.3 Å². The van der Waals surface area contributed by atoms with Gasteiger partial charge in [0.25, 0.3) is 0 Å². The summed E-state index contributed by atoms with van der Waals surface area (Å²) in [4.78, 5) is 0.153. The minimum Gasteiger partial charge on any atom is -0.392 e. The number of halogens is 1. The molecule has 1 aromatic carbocycles. The fourth-order valence-corrected chi connectivity index (χ4v) is 3.54. The number of benzene rings is 1. The van der Waals surface area contributed by atoms with Gasteiger partial charge in [0.15, 0.2) is 0 Å². The Bertz CT molecular complexity index is 531. The summed E-state index contributed by atoms with van der Waals surface area (Å²) in [6, 6.07) is 4.33. The first-order chi connectivity index (χ1) is 8.84. The van der Waals surface area contributed by atoms with E-state index >= 15 is 0 Å². The Morgan fingerprint density at radius 3 is 2.53 bits per heavy atom. The summed E-state index contributed by atoms with van der Waals surface area (Å²) in [6.07, 6.45) is 1.73. The molecule has 1 N–H and O–H groups in total. The van der Waals surface area contributed by atoms with E-state index in [1.807, 2.05) is 13.8 Å². The molecule has 0 aromatic heterocycles. The van der Waals surface area contributed by atoms with Gasteiger partial charge in [-0.05, 0) is 31.0 Å². The van der Waals surface area contributed by atoms with Crippen molar-refractivity contribution in [3.63, 3.8) is 0 Å². The van der Waals surface area contributed by atoms with Crippen LogP contribution in [0.5, 0.6) is 0 Å². The molecular weight excluding hydrogens is 286 g/mol. The maximum atomic E-state index is 12.4. The minimum absolute atomic E-state index is 0.0636. The summed E-state index contributed by atoms with van der Waals surface area (Å²) in [7, 11) is -1.97. The van der Waals surface area contributed by atoms with E-state index in [4.69, 9.17) is 16.7 Å². The van der Waals surface area contributed by atoms with Crippen molar-refractivity contribution in [1.82, 2.24) is 4.31 Å². The Kier molecular flexibility index (Phi) is 5.80. The van der Waals surface area contributed by atoms with Crippen molar-refractivity contribution in [2.24, 2.45) is 0 Å². The predicted molar refractivity (Wildman–Crippen MR) is 76.7 cm³/mol. The van der Waals surface area contributed by atoms with E-state index in [9.17, 15) is 8.42 Å². The fourth-order valence-electron chi connectivity index (χ4n) is 1.82. The number of hydrogen-bond donors (Lipinski definition) is 1. The van der Waals surface area contributed by atoms with Gasteiger partial charge in [-0.3, -0.25) is 0 Å². The maximum absolute atomic E-state index is 12.4. The van der Waals surface area contributed by atoms with Crippen molar-refractivity contribution < 1.29 is 13.5 Å². The first-order valence-corrected chi connectivity index (χ1v) is 8.03. The van der Waals surface area contributed by atoms with Gasteiger partial charge in [0.1, 0.15) is 0 Å². The van der Waals surface area contributed by atoms with Gasteiger partial charge in [-0.2, -0.15) is 4.31 Å². The number of aliphatic hydroxyl groups excluding tert-OH is 1. The van der Waals surface area contributed by atoms with Crippen molar-refractivity contribution in [2.45, 2.75) is 44.2 Å². The molecule has 0 aliphatic carbocycles. The summed E-state index contributed by atoms with van der Waals surface area (Å²) in [6.45, 7) is 3.69. The Morgan fingerprint density at radius 1 is 1.42 bits per heavy atom. The second-order valence-corrected chi connectivity index (χ2v) is 6.97. The topological polar surface area (TPSA) is 57.6 Å². The third-order valence-corrected chi connectivity index (χ3v) is 5.52. The number of sulfonamides is 1. The molecule has 0 bridgehead atoms. The van der Waals surface area contributed by atoms with Crippen LogP contribution >= 0.6 is 11.6 Å². The van der Waals surface area contributed by atoms with Gasteiger partial charge >= 0.3 is 0 Å². The zero-order valence-electron chi connectivity index (χ0n) is 11.4. The molecular formula is C13H20ClNO3S. The van der Waals surface area contributed by atoms with Gasteiger partial charge in [-0.1, -0.05) is 31.0 Å². The van der Waals surface area contributed by atoms with E-state index in [-0.39, 0.29) is 22.6 Å². The predicted octanol–water partition coefficient (Wildman–Crippen LogP) is 2.64. The van der Waals surface area contributed by atoms with Crippen molar-refractivity contribution in [3.05, 3.63) is 28.8 Å². The van der Waals surface area contributed by atoms with E-state index < -0.39 is 10.0 Å². The van der Waals surface area contributed by atoms with E-state index in [2.05, 4.69) is 0 Å². The average Bonchev–Trinajstić information content (AvgIpc) is 2.37. The lowest BCUT2D eigenvalue weighted by Gasteiger charge is -2.24. The highest BCUT2D eigenvalue weighted by atomic mass is 35.5. The fraction of sp³-hybridized carbons (Fsp3) is 0.538. The maximum Gasteiger partial charge on any atom is 0.243 e. The molecule has 0 amide bonds. The Morgan fingerprint density at radius 2 is 2.05 bits per heavy atom. The molecule has 0 aliphatic rings. The Labute approximate surface area is 120 Å². The molecule has 1 aromatic rings. The first-order valence-electron chi connectivity index (χ1n) is 6.21. The minimum atomic E-state index is -3.54. The first kappa shape index (κ1) is 16.4. The monoisotopic (exact) mass is 305 g/mol. The van der Waals surface area contributed by atoms with Gasteiger partial charge in [0.2, 0.25) is 10.0 Å². The van der Waals surface area contributed by atoms with Crippen LogP contribution in [0, 0.1) is 0 Å². The summed E-state index contributed by atoms with van der Waals surface area (Å²) >= 11 is 5.94. The molecule has 6 heteroatoms. The number of rotatable bonds is 6. The molecule has 0 aliphatic heterocycles. The third kappa shape index (κ3) is 3.69. The van der Waals surface area contributed by atoms with Crippen LogP contribution < -0.4 is 0 Å². The van der Waals surface area contributed by atoms with Crippen molar-refractivity contribution in [2.75, 3.05) is 7.05 Å². The standard InChI is InChI=1S/C13H20ClNO3S/c1-4-5-10(2)15(3)19(17,18)12-7-6-11(9-16)13(14)8-12/h6-8,10,16H,4-5,9H2,1-3H3. The Balaban J connectivity index is 3.10. The van der Waals surface area contributed by atoms with E-state index in [0.717, 1.165) is 12.8 Å². The molecule has 1 rings (SSSR count). The van der Waals surface area contributed by atoms with E-state index in [1.54, 1.807) is 7.05 Å². The van der Waals surface area contributed by atoms with E-state index in [0.29, 0.717) is 5.56 Å². The number of nitrogens with zero attached hydrogens (tertiary/aromatic N) is 1. The molecule has 0 heterocycles. The highest BCUT2D eigenvalue weighted by Gasteiger charge is 2.25. The molecule has 0 spiro atoms. The highest BCUT2D eigenvalue weighted by Crippen LogP contribution is 2.24. The molecule has 4 nitrogen and oxygen atoms in total. The summed E-state index contributed by atoms with van der Waals surface area (Å²) in [5, 5.41) is 9.30. The molecule has 0 fully saturated rings. The largest absolute Gasteiger partial charge is 0.392 e. The molecule has 1 unspecified atom stereocenters. The van der Waals surface area contributed by atoms with Crippen LogP contribution in [0.2, 0.25) is 5.02 Å². The van der Waals surface area contributed by atoms with Crippen LogP contribution in [0.3, 0.4) is 0 Å². The van der Waals surface area contributed by atoms with E-state index in [1.165, 1.54) is 22.5 Å². The van der Waals surface area contributed by atoms with Crippen LogP contribution in [-0.4, -0.2) is 30.9 Å². The molecule has 0 radical (unpaired) electrons. The molecule has 1 atom stereocenters. The van der Waals surface area contributed by atoms with Gasteiger partial charge in [0, 0.05) is 18.1 Å². The Hall–Kier alpha value is -0.620. The third-order valence-electron chi connectivity index (χ3n) is 3.20. The highest BCUT2D eigenvalue weighted by molar-refractivity contribution is 7.89. The summed E-state index contributed by atoms with van der Waals surface area (Å²) < 4.78 is 26.2. The lowest BCUT2D eigenvalue weighted by Crippen LogP contribution is -2.35. The lowest BCUT2D eigenvalue weighted by atomic mass is 10.2. The molecule has 0 saturated carbocycles. The van der Waals surface area contributed by atoms with Crippen molar-refractivity contribution in [3.8, 4) is 0 Å².